The molecule has 1 heterocycles. The highest BCUT2D eigenvalue weighted by Gasteiger charge is 2.29. The Morgan fingerprint density at radius 2 is 1.74 bits per heavy atom. The number of carbonyl (C=O) groups is 2. The number of fused-ring (bicyclic) bond motifs is 1. The van der Waals surface area contributed by atoms with E-state index in [4.69, 9.17) is 10.5 Å². The predicted molar refractivity (Wildman–Crippen MR) is 135 cm³/mol. The standard InChI is InChI=1S/C27H28N4O3/c1-31(2)17-18-8-11-21(12-9-18)29-25(19-6-4-3-5-7-19)24-22-13-10-20(27(33)34-15-14-28)16-23(22)30-26(24)32/h3-13,16,29H,14-15,17,28H2,1-2H3,(H,30,32). The number of esters is 1. The van der Waals surface area contributed by atoms with Crippen LogP contribution in [-0.2, 0) is 16.1 Å². The van der Waals surface area contributed by atoms with E-state index in [2.05, 4.69) is 27.7 Å². The molecule has 34 heavy (non-hydrogen) atoms. The molecule has 0 saturated carbocycles. The molecule has 0 spiro atoms. The van der Waals surface area contributed by atoms with Gasteiger partial charge in [-0.25, -0.2) is 4.79 Å². The zero-order chi connectivity index (χ0) is 24.1. The van der Waals surface area contributed by atoms with Gasteiger partial charge < -0.3 is 26.0 Å². The number of hydrogen-bond acceptors (Lipinski definition) is 6. The summed E-state index contributed by atoms with van der Waals surface area (Å²) < 4.78 is 5.12. The number of nitrogens with zero attached hydrogens (tertiary/aromatic N) is 1. The van der Waals surface area contributed by atoms with Crippen LogP contribution < -0.4 is 16.4 Å². The molecule has 1 aliphatic heterocycles. The van der Waals surface area contributed by atoms with Gasteiger partial charge in [0.25, 0.3) is 5.91 Å². The fraction of sp³-hybridized carbons (Fsp3) is 0.185. The van der Waals surface area contributed by atoms with Crippen LogP contribution in [0.4, 0.5) is 11.4 Å². The Bertz CT molecular complexity index is 1220. The van der Waals surface area contributed by atoms with Crippen LogP contribution in [0.1, 0.15) is 27.0 Å². The zero-order valence-electron chi connectivity index (χ0n) is 19.3. The van der Waals surface area contributed by atoms with Gasteiger partial charge in [0, 0.05) is 24.3 Å². The van der Waals surface area contributed by atoms with Crippen LogP contribution in [0.5, 0.6) is 0 Å². The van der Waals surface area contributed by atoms with Crippen LogP contribution in [0.25, 0.3) is 11.3 Å². The first kappa shape index (κ1) is 23.2. The topological polar surface area (TPSA) is 96.7 Å². The van der Waals surface area contributed by atoms with Gasteiger partial charge in [0.1, 0.15) is 6.61 Å². The summed E-state index contributed by atoms with van der Waals surface area (Å²) >= 11 is 0. The third-order valence-electron chi connectivity index (χ3n) is 5.39. The molecule has 3 aromatic rings. The van der Waals surface area contributed by atoms with Gasteiger partial charge in [0.2, 0.25) is 0 Å². The van der Waals surface area contributed by atoms with Crippen molar-refractivity contribution in [3.05, 3.63) is 95.1 Å². The molecule has 0 radical (unpaired) electrons. The third kappa shape index (κ3) is 5.17. The van der Waals surface area contributed by atoms with Crippen LogP contribution in [-0.4, -0.2) is 44.0 Å². The number of nitrogens with two attached hydrogens (primary N) is 1. The molecule has 0 aliphatic carbocycles. The van der Waals surface area contributed by atoms with E-state index < -0.39 is 5.97 Å². The first-order valence-electron chi connectivity index (χ1n) is 11.1. The van der Waals surface area contributed by atoms with Crippen LogP contribution in [0.2, 0.25) is 0 Å². The Hall–Kier alpha value is -3.94. The normalized spacial score (nSPS) is 13.9. The molecule has 0 aromatic heterocycles. The summed E-state index contributed by atoms with van der Waals surface area (Å²) in [5.41, 5.74) is 11.2. The molecule has 7 heteroatoms. The summed E-state index contributed by atoms with van der Waals surface area (Å²) in [6.45, 7) is 1.24. The van der Waals surface area contributed by atoms with E-state index in [-0.39, 0.29) is 19.1 Å². The highest BCUT2D eigenvalue weighted by atomic mass is 16.5. The maximum absolute atomic E-state index is 13.1. The maximum atomic E-state index is 13.1. The fourth-order valence-electron chi connectivity index (χ4n) is 3.87. The highest BCUT2D eigenvalue weighted by molar-refractivity contribution is 6.37. The Kier molecular flexibility index (Phi) is 7.06. The summed E-state index contributed by atoms with van der Waals surface area (Å²) in [7, 11) is 4.06. The van der Waals surface area contributed by atoms with Crippen LogP contribution in [0.15, 0.2) is 72.8 Å². The van der Waals surface area contributed by atoms with Crippen molar-refractivity contribution in [2.75, 3.05) is 37.9 Å². The molecule has 4 rings (SSSR count). The lowest BCUT2D eigenvalue weighted by Crippen LogP contribution is -2.13. The first-order valence-corrected chi connectivity index (χ1v) is 11.1. The minimum atomic E-state index is -0.473. The van der Waals surface area contributed by atoms with Gasteiger partial charge in [0.15, 0.2) is 0 Å². The summed E-state index contributed by atoms with van der Waals surface area (Å²) in [6.07, 6.45) is 0. The smallest absolute Gasteiger partial charge is 0.338 e. The van der Waals surface area contributed by atoms with E-state index in [1.54, 1.807) is 18.2 Å². The zero-order valence-corrected chi connectivity index (χ0v) is 19.3. The van der Waals surface area contributed by atoms with E-state index in [0.29, 0.717) is 22.5 Å². The third-order valence-corrected chi connectivity index (χ3v) is 5.39. The summed E-state index contributed by atoms with van der Waals surface area (Å²) in [6, 6.07) is 22.9. The minimum absolute atomic E-state index is 0.142. The van der Waals surface area contributed by atoms with E-state index in [1.807, 2.05) is 56.6 Å². The number of amides is 1. The lowest BCUT2D eigenvalue weighted by molar-refractivity contribution is -0.110. The van der Waals surface area contributed by atoms with E-state index >= 15 is 0 Å². The molecule has 0 saturated heterocycles. The van der Waals surface area contributed by atoms with E-state index in [0.717, 1.165) is 23.4 Å². The van der Waals surface area contributed by atoms with Gasteiger partial charge in [0.05, 0.1) is 22.5 Å². The van der Waals surface area contributed by atoms with Gasteiger partial charge in [-0.05, 0) is 49.5 Å². The second-order valence-electron chi connectivity index (χ2n) is 8.31. The molecule has 174 valence electrons. The molecule has 4 N–H and O–H groups in total. The highest BCUT2D eigenvalue weighted by Crippen LogP contribution is 2.38. The average Bonchev–Trinajstić information content (AvgIpc) is 3.17. The lowest BCUT2D eigenvalue weighted by Gasteiger charge is -2.16. The van der Waals surface area contributed by atoms with Gasteiger partial charge in [-0.2, -0.15) is 0 Å². The molecule has 1 amide bonds. The van der Waals surface area contributed by atoms with Crippen molar-refractivity contribution in [3.8, 4) is 0 Å². The van der Waals surface area contributed by atoms with Crippen molar-refractivity contribution in [2.24, 2.45) is 5.73 Å². The largest absolute Gasteiger partial charge is 0.461 e. The Morgan fingerprint density at radius 1 is 1.00 bits per heavy atom. The fourth-order valence-corrected chi connectivity index (χ4v) is 3.87. The maximum Gasteiger partial charge on any atom is 0.338 e. The first-order chi connectivity index (χ1) is 16.5. The lowest BCUT2D eigenvalue weighted by atomic mass is 9.99. The number of nitrogens with one attached hydrogen (secondary N) is 2. The molecule has 3 aromatic carbocycles. The molecule has 7 nitrogen and oxygen atoms in total. The van der Waals surface area contributed by atoms with Crippen molar-refractivity contribution in [1.82, 2.24) is 4.90 Å². The number of ether oxygens (including phenoxy) is 1. The summed E-state index contributed by atoms with van der Waals surface area (Å²) in [5.74, 6) is -0.711. The SMILES string of the molecule is CN(C)Cc1ccc(NC(=C2C(=O)Nc3cc(C(=O)OCCN)ccc32)c2ccccc2)cc1. The van der Waals surface area contributed by atoms with Crippen molar-refractivity contribution >= 4 is 34.5 Å². The number of benzene rings is 3. The molecule has 0 bridgehead atoms. The van der Waals surface area contributed by atoms with E-state index in [9.17, 15) is 9.59 Å². The van der Waals surface area contributed by atoms with E-state index in [1.165, 1.54) is 5.56 Å². The molecular formula is C27H28N4O3. The van der Waals surface area contributed by atoms with Crippen LogP contribution in [0, 0.1) is 0 Å². The Balaban J connectivity index is 1.73. The molecule has 0 unspecified atom stereocenters. The minimum Gasteiger partial charge on any atom is -0.461 e. The average molecular weight is 457 g/mol. The van der Waals surface area contributed by atoms with Gasteiger partial charge in [-0.1, -0.05) is 48.5 Å². The molecule has 1 aliphatic rings. The predicted octanol–water partition coefficient (Wildman–Crippen LogP) is 3.80. The molecular weight excluding hydrogens is 428 g/mol. The quantitative estimate of drug-likeness (QED) is 0.353. The van der Waals surface area contributed by atoms with Gasteiger partial charge in [-0.15, -0.1) is 0 Å². The Morgan fingerprint density at radius 3 is 2.41 bits per heavy atom. The second-order valence-corrected chi connectivity index (χ2v) is 8.31. The van der Waals surface area contributed by atoms with Gasteiger partial charge in [-0.3, -0.25) is 4.79 Å². The summed E-state index contributed by atoms with van der Waals surface area (Å²) in [5, 5.41) is 6.34. The molecule has 0 atom stereocenters. The van der Waals surface area contributed by atoms with Crippen molar-refractivity contribution in [3.63, 3.8) is 0 Å². The molecule has 0 fully saturated rings. The second kappa shape index (κ2) is 10.3. The van der Waals surface area contributed by atoms with Crippen molar-refractivity contribution in [1.29, 1.82) is 0 Å². The van der Waals surface area contributed by atoms with Crippen molar-refractivity contribution in [2.45, 2.75) is 6.54 Å². The summed E-state index contributed by atoms with van der Waals surface area (Å²) in [4.78, 5) is 27.5. The van der Waals surface area contributed by atoms with Crippen molar-refractivity contribution < 1.29 is 14.3 Å². The Labute approximate surface area is 199 Å². The number of carbonyl (C=O) groups excluding carboxylic acids is 2. The number of rotatable bonds is 8. The van der Waals surface area contributed by atoms with Crippen LogP contribution >= 0.6 is 0 Å². The van der Waals surface area contributed by atoms with Crippen LogP contribution in [0.3, 0.4) is 0 Å². The number of hydrogen-bond donors (Lipinski definition) is 3. The number of anilines is 2. The van der Waals surface area contributed by atoms with Gasteiger partial charge >= 0.3 is 5.97 Å². The monoisotopic (exact) mass is 456 g/mol.